The predicted octanol–water partition coefficient (Wildman–Crippen LogP) is 16.3. The molecule has 0 aliphatic heterocycles. The van der Waals surface area contributed by atoms with Crippen molar-refractivity contribution >= 4 is 98.2 Å². The van der Waals surface area contributed by atoms with Gasteiger partial charge in [-0.3, -0.25) is 5.73 Å². The lowest BCUT2D eigenvalue weighted by molar-refractivity contribution is -0.500. The predicted molar refractivity (Wildman–Crippen MR) is 293 cm³/mol. The highest BCUT2D eigenvalue weighted by Crippen LogP contribution is 2.45. The van der Waals surface area contributed by atoms with E-state index in [0.717, 1.165) is 40.7 Å². The van der Waals surface area contributed by atoms with Crippen LogP contribution in [0.25, 0.3) is 104 Å². The maximum Gasteiger partial charge on any atom is 0.268 e. The zero-order chi connectivity index (χ0) is 46.2. The molecule has 10 aromatic carbocycles. The number of para-hydroxylation sites is 2. The molecule has 0 spiro atoms. The van der Waals surface area contributed by atoms with Gasteiger partial charge in [0.25, 0.3) is 5.84 Å². The largest absolute Gasteiger partial charge is 0.519 e. The minimum Gasteiger partial charge on any atom is -0.519 e. The molecule has 2 aromatic heterocycles. The molecule has 0 bridgehead atoms. The SMILES string of the molecule is CCC([N-]/[N+](Cc1ccccc1)=C(/N)c1ccccc1-n1c2cc3ccccc3cc2c2ccc3c4ccccc4c4ccccc4c3c21)c1ccc2c3ccccc3n(C3=CCC(C)C=C3)c2c1. The van der Waals surface area contributed by atoms with Crippen molar-refractivity contribution in [1.82, 2.24) is 9.13 Å². The molecule has 5 nitrogen and oxygen atoms in total. The van der Waals surface area contributed by atoms with Crippen LogP contribution < -0.4 is 5.73 Å². The average Bonchev–Trinajstić information content (AvgIpc) is 3.91. The molecule has 13 rings (SSSR count). The molecule has 1 aliphatic carbocycles. The van der Waals surface area contributed by atoms with Gasteiger partial charge in [0.2, 0.25) is 0 Å². The van der Waals surface area contributed by atoms with Gasteiger partial charge in [0.1, 0.15) is 6.54 Å². The summed E-state index contributed by atoms with van der Waals surface area (Å²) in [7, 11) is 0. The van der Waals surface area contributed by atoms with Gasteiger partial charge in [-0.1, -0.05) is 202 Å². The maximum atomic E-state index is 7.72. The van der Waals surface area contributed by atoms with Gasteiger partial charge in [-0.25, -0.2) is 0 Å². The molecular weight excluding hydrogens is 839 g/mol. The molecular formula is C64H51N5. The first-order valence-electron chi connectivity index (χ1n) is 24.4. The van der Waals surface area contributed by atoms with E-state index >= 15 is 0 Å². The summed E-state index contributed by atoms with van der Waals surface area (Å²) in [6.45, 7) is 5.01. The van der Waals surface area contributed by atoms with Crippen LogP contribution in [0.1, 0.15) is 49.4 Å². The fourth-order valence-electron chi connectivity index (χ4n) is 11.3. The second-order valence-electron chi connectivity index (χ2n) is 18.8. The summed E-state index contributed by atoms with van der Waals surface area (Å²) in [5.74, 6) is 1.12. The van der Waals surface area contributed by atoms with Crippen molar-refractivity contribution in [2.75, 3.05) is 0 Å². The molecule has 2 unspecified atom stereocenters. The molecule has 2 atom stereocenters. The summed E-state index contributed by atoms with van der Waals surface area (Å²) >= 11 is 0. The number of hydrogen-bond donors (Lipinski definition) is 1. The third kappa shape index (κ3) is 6.63. The van der Waals surface area contributed by atoms with E-state index in [1.54, 1.807) is 0 Å². The van der Waals surface area contributed by atoms with Gasteiger partial charge in [0.05, 0.1) is 33.3 Å². The third-order valence-electron chi connectivity index (χ3n) is 14.7. The molecule has 2 heterocycles. The van der Waals surface area contributed by atoms with Gasteiger partial charge < -0.3 is 19.2 Å². The van der Waals surface area contributed by atoms with Crippen molar-refractivity contribution in [2.45, 2.75) is 39.3 Å². The molecule has 0 saturated carbocycles. The quantitative estimate of drug-likeness (QED) is 0.0507. The highest BCUT2D eigenvalue weighted by Gasteiger charge is 2.24. The summed E-state index contributed by atoms with van der Waals surface area (Å²) in [5.41, 5.74) is 23.5. The van der Waals surface area contributed by atoms with Crippen LogP contribution in [0.5, 0.6) is 0 Å². The Kier molecular flexibility index (Phi) is 9.72. The smallest absolute Gasteiger partial charge is 0.268 e. The molecule has 12 aromatic rings. The number of rotatable bonds is 9. The first-order valence-corrected chi connectivity index (χ1v) is 24.4. The van der Waals surface area contributed by atoms with Gasteiger partial charge in [-0.15, -0.1) is 0 Å². The Morgan fingerprint density at radius 2 is 1.17 bits per heavy atom. The number of nitrogens with zero attached hydrogens (tertiary/aromatic N) is 4. The van der Waals surface area contributed by atoms with Gasteiger partial charge in [0, 0.05) is 32.6 Å². The minimum absolute atomic E-state index is 0.172. The van der Waals surface area contributed by atoms with Gasteiger partial charge >= 0.3 is 0 Å². The Balaban J connectivity index is 1.04. The molecule has 0 fully saturated rings. The molecule has 0 saturated heterocycles. The van der Waals surface area contributed by atoms with Crippen LogP contribution in [0.2, 0.25) is 0 Å². The lowest BCUT2D eigenvalue weighted by atomic mass is 9.93. The normalized spacial score (nSPS) is 15.0. The maximum absolute atomic E-state index is 7.72. The number of benzene rings is 10. The second-order valence-corrected chi connectivity index (χ2v) is 18.8. The van der Waals surface area contributed by atoms with Gasteiger partial charge in [0.15, 0.2) is 0 Å². The Hall–Kier alpha value is -8.41. The van der Waals surface area contributed by atoms with Crippen LogP contribution in [0, 0.1) is 5.92 Å². The average molecular weight is 890 g/mol. The van der Waals surface area contributed by atoms with Crippen LogP contribution in [0.3, 0.4) is 0 Å². The van der Waals surface area contributed by atoms with Crippen molar-refractivity contribution < 1.29 is 4.68 Å². The number of nitrogens with two attached hydrogens (primary N) is 1. The summed E-state index contributed by atoms with van der Waals surface area (Å²) in [4.78, 5) is 0. The van der Waals surface area contributed by atoms with Crippen LogP contribution in [-0.2, 0) is 6.54 Å². The lowest BCUT2D eigenvalue weighted by Crippen LogP contribution is -2.29. The monoisotopic (exact) mass is 889 g/mol. The molecule has 0 radical (unpaired) electrons. The molecule has 1 aliphatic rings. The minimum atomic E-state index is -0.172. The van der Waals surface area contributed by atoms with Gasteiger partial charge in [-0.05, 0) is 98.1 Å². The second kappa shape index (κ2) is 16.4. The molecule has 5 heteroatoms. The molecule has 69 heavy (non-hydrogen) atoms. The summed E-state index contributed by atoms with van der Waals surface area (Å²) < 4.78 is 7.00. The van der Waals surface area contributed by atoms with E-state index in [9.17, 15) is 0 Å². The van der Waals surface area contributed by atoms with E-state index in [2.05, 4.69) is 240 Å². The lowest BCUT2D eigenvalue weighted by Gasteiger charge is -2.33. The van der Waals surface area contributed by atoms with Crippen LogP contribution in [-0.4, -0.2) is 19.7 Å². The van der Waals surface area contributed by atoms with Crippen molar-refractivity contribution in [3.8, 4) is 5.69 Å². The molecule has 0 amide bonds. The topological polar surface area (TPSA) is 53.0 Å². The highest BCUT2D eigenvalue weighted by molar-refractivity contribution is 6.34. The number of amidine groups is 1. The third-order valence-corrected chi connectivity index (χ3v) is 14.7. The molecule has 332 valence electrons. The Labute approximate surface area is 401 Å². The van der Waals surface area contributed by atoms with Crippen LogP contribution >= 0.6 is 0 Å². The number of aromatic nitrogens is 2. The van der Waals surface area contributed by atoms with Crippen molar-refractivity contribution in [3.63, 3.8) is 0 Å². The van der Waals surface area contributed by atoms with Crippen molar-refractivity contribution in [2.24, 2.45) is 11.7 Å². The molecule has 2 N–H and O–H groups in total. The van der Waals surface area contributed by atoms with E-state index < -0.39 is 0 Å². The summed E-state index contributed by atoms with van der Waals surface area (Å²) in [6, 6.07) is 70.6. The fourth-order valence-corrected chi connectivity index (χ4v) is 11.3. The van der Waals surface area contributed by atoms with E-state index in [-0.39, 0.29) is 6.04 Å². The Bertz CT molecular complexity index is 4090. The Morgan fingerprint density at radius 1 is 0.580 bits per heavy atom. The first-order chi connectivity index (χ1) is 34.0. The Morgan fingerprint density at radius 3 is 1.93 bits per heavy atom. The highest BCUT2D eigenvalue weighted by atomic mass is 15.5. The zero-order valence-corrected chi connectivity index (χ0v) is 38.8. The summed E-state index contributed by atoms with van der Waals surface area (Å²) in [6.07, 6.45) is 8.81. The van der Waals surface area contributed by atoms with Crippen molar-refractivity contribution in [1.29, 1.82) is 0 Å². The number of hydrogen-bond acceptors (Lipinski definition) is 0. The standard InChI is InChI=1S/C64H51N5/c1-3-57(45-31-34-51-50-24-13-15-27-58(50)68(60(51)39-45)46-32-29-41(2)30-33-46)66-67(40-42-17-5-4-6-18-42)64(65)55-26-14-16-28-59(55)69-61-38-44-20-8-7-19-43(44)37-56(61)54-36-35-53-49-23-10-9-21-47(49)48-22-11-12-25-52(48)62(53)63(54)69/h4-29,31-39,41,57H,3,30,40,65H2,1-2H3/b67-64+. The number of allylic oxidation sites excluding steroid dienone is 4. The summed E-state index contributed by atoms with van der Waals surface area (Å²) in [5, 5.41) is 14.7. The van der Waals surface area contributed by atoms with Crippen molar-refractivity contribution in [3.05, 3.63) is 234 Å². The zero-order valence-electron chi connectivity index (χ0n) is 38.8. The van der Waals surface area contributed by atoms with E-state index in [1.807, 2.05) is 0 Å². The number of fused-ring (bicyclic) bond motifs is 14. The van der Waals surface area contributed by atoms with Gasteiger partial charge in [-0.2, -0.15) is 0 Å². The first kappa shape index (κ1) is 40.8. The van der Waals surface area contributed by atoms with Crippen LogP contribution in [0.4, 0.5) is 0 Å². The van der Waals surface area contributed by atoms with E-state index in [4.69, 9.17) is 11.2 Å². The van der Waals surface area contributed by atoms with E-state index in [1.165, 1.54) is 86.9 Å². The fraction of sp³-hybridized carbons (Fsp3) is 0.109. The van der Waals surface area contributed by atoms with E-state index in [0.29, 0.717) is 18.3 Å². The van der Waals surface area contributed by atoms with Crippen LogP contribution in [0.15, 0.2) is 212 Å².